The van der Waals surface area contributed by atoms with Gasteiger partial charge in [-0.1, -0.05) is 68.5 Å². The molecule has 206 valence electrons. The minimum absolute atomic E-state index is 0.201. The lowest BCUT2D eigenvalue weighted by atomic mass is 9.70. The summed E-state index contributed by atoms with van der Waals surface area (Å²) < 4.78 is 11.8. The van der Waals surface area contributed by atoms with Gasteiger partial charge in [-0.3, -0.25) is 14.4 Å². The average Bonchev–Trinajstić information content (AvgIpc) is 3.50. The third kappa shape index (κ3) is 4.82. The lowest BCUT2D eigenvalue weighted by Crippen LogP contribution is -2.54. The van der Waals surface area contributed by atoms with Crippen LogP contribution in [0, 0.1) is 17.8 Å². The van der Waals surface area contributed by atoms with Crippen molar-refractivity contribution >= 4 is 17.7 Å². The second-order valence-corrected chi connectivity index (χ2v) is 11.3. The van der Waals surface area contributed by atoms with Crippen LogP contribution in [0.15, 0.2) is 66.7 Å². The zero-order valence-corrected chi connectivity index (χ0v) is 23.0. The number of nitrogens with zero attached hydrogens (tertiary/aromatic N) is 1. The van der Waals surface area contributed by atoms with E-state index in [1.165, 1.54) is 0 Å². The molecule has 2 aromatic rings. The molecule has 3 aliphatic rings. The predicted octanol–water partition coefficient (Wildman–Crippen LogP) is 3.21. The van der Waals surface area contributed by atoms with Gasteiger partial charge < -0.3 is 25.0 Å². The molecule has 2 aromatic carbocycles. The number of benzene rings is 2. The Morgan fingerprint density at radius 3 is 2.26 bits per heavy atom. The lowest BCUT2D eigenvalue weighted by Gasteiger charge is -2.33. The topological polar surface area (TPSA) is 97.0 Å². The first-order chi connectivity index (χ1) is 18.7. The van der Waals surface area contributed by atoms with Crippen molar-refractivity contribution in [2.45, 2.75) is 57.5 Å². The Kier molecular flexibility index (Phi) is 7.25. The highest BCUT2D eigenvalue weighted by Gasteiger charge is 2.76. The number of rotatable bonds is 10. The van der Waals surface area contributed by atoms with E-state index in [0.717, 1.165) is 23.3 Å². The molecule has 0 unspecified atom stereocenters. The smallest absolute Gasteiger partial charge is 0.246 e. The average molecular weight is 532 g/mol. The maximum absolute atomic E-state index is 14.0. The summed E-state index contributed by atoms with van der Waals surface area (Å²) in [6.07, 6.45) is 4.45. The Morgan fingerprint density at radius 1 is 0.974 bits per heavy atom. The SMILES string of the molecule is COc1ccc(CNC(=O)[C@@H]2[C@@H]3C(=O)N(CCC(C)C)[C@@H](C(=O)NCc4ccccc4)[C@@]34C=C[C@@]2(C)O4)cc1. The van der Waals surface area contributed by atoms with Crippen LogP contribution < -0.4 is 15.4 Å². The quantitative estimate of drug-likeness (QED) is 0.459. The Balaban J connectivity index is 1.39. The first-order valence-corrected chi connectivity index (χ1v) is 13.6. The highest BCUT2D eigenvalue weighted by atomic mass is 16.5. The van der Waals surface area contributed by atoms with Crippen LogP contribution in [0.3, 0.4) is 0 Å². The summed E-state index contributed by atoms with van der Waals surface area (Å²) in [6.45, 7) is 7.08. The molecule has 39 heavy (non-hydrogen) atoms. The Bertz CT molecular complexity index is 1260. The molecule has 3 amide bonds. The molecule has 2 fully saturated rings. The fraction of sp³-hybridized carbons (Fsp3) is 0.452. The molecule has 2 N–H and O–H groups in total. The molecule has 1 spiro atoms. The molecule has 0 aromatic heterocycles. The Morgan fingerprint density at radius 2 is 1.62 bits per heavy atom. The molecule has 0 saturated carbocycles. The van der Waals surface area contributed by atoms with E-state index in [1.54, 1.807) is 12.0 Å². The Hall–Kier alpha value is -3.65. The van der Waals surface area contributed by atoms with Crippen molar-refractivity contribution in [1.82, 2.24) is 15.5 Å². The van der Waals surface area contributed by atoms with E-state index < -0.39 is 29.1 Å². The van der Waals surface area contributed by atoms with Gasteiger partial charge >= 0.3 is 0 Å². The summed E-state index contributed by atoms with van der Waals surface area (Å²) >= 11 is 0. The van der Waals surface area contributed by atoms with E-state index in [2.05, 4.69) is 24.5 Å². The van der Waals surface area contributed by atoms with Gasteiger partial charge in [0.05, 0.1) is 24.5 Å². The summed E-state index contributed by atoms with van der Waals surface area (Å²) in [5.41, 5.74) is -0.288. The van der Waals surface area contributed by atoms with Gasteiger partial charge in [-0.15, -0.1) is 0 Å². The largest absolute Gasteiger partial charge is 0.497 e. The first kappa shape index (κ1) is 26.9. The van der Waals surface area contributed by atoms with Crippen molar-refractivity contribution in [3.8, 4) is 5.75 Å². The van der Waals surface area contributed by atoms with E-state index in [4.69, 9.17) is 9.47 Å². The van der Waals surface area contributed by atoms with Crippen LogP contribution in [0.25, 0.3) is 0 Å². The fourth-order valence-electron chi connectivity index (χ4n) is 6.19. The van der Waals surface area contributed by atoms with Crippen molar-refractivity contribution < 1.29 is 23.9 Å². The van der Waals surface area contributed by atoms with Gasteiger partial charge in [0.15, 0.2) is 0 Å². The molecule has 2 saturated heterocycles. The van der Waals surface area contributed by atoms with Crippen molar-refractivity contribution in [1.29, 1.82) is 0 Å². The van der Waals surface area contributed by atoms with E-state index in [1.807, 2.05) is 73.7 Å². The Labute approximate surface area is 229 Å². The zero-order valence-electron chi connectivity index (χ0n) is 23.0. The number of hydrogen-bond acceptors (Lipinski definition) is 5. The highest BCUT2D eigenvalue weighted by molar-refractivity contribution is 6.00. The van der Waals surface area contributed by atoms with Gasteiger partial charge in [-0.25, -0.2) is 0 Å². The number of nitrogens with one attached hydrogen (secondary N) is 2. The number of likely N-dealkylation sites (tertiary alicyclic amines) is 1. The molecule has 2 bridgehead atoms. The fourth-order valence-corrected chi connectivity index (χ4v) is 6.19. The molecular formula is C31H37N3O5. The van der Waals surface area contributed by atoms with Crippen molar-refractivity contribution in [3.63, 3.8) is 0 Å². The van der Waals surface area contributed by atoms with Gasteiger partial charge in [0, 0.05) is 19.6 Å². The molecule has 8 heteroatoms. The van der Waals surface area contributed by atoms with Crippen LogP contribution in [0.5, 0.6) is 5.75 Å². The third-order valence-corrected chi connectivity index (χ3v) is 8.21. The number of methoxy groups -OCH3 is 1. The number of carbonyl (C=O) groups excluding carboxylic acids is 3. The summed E-state index contributed by atoms with van der Waals surface area (Å²) in [5, 5.41) is 6.03. The van der Waals surface area contributed by atoms with Crippen molar-refractivity contribution in [2.75, 3.05) is 13.7 Å². The van der Waals surface area contributed by atoms with Crippen LogP contribution in [-0.4, -0.2) is 53.5 Å². The number of fused-ring (bicyclic) bond motifs is 1. The molecule has 0 aliphatic carbocycles. The van der Waals surface area contributed by atoms with Crippen LogP contribution in [0.2, 0.25) is 0 Å². The maximum atomic E-state index is 14.0. The second kappa shape index (κ2) is 10.5. The van der Waals surface area contributed by atoms with Crippen LogP contribution in [-0.2, 0) is 32.2 Å². The van der Waals surface area contributed by atoms with E-state index in [0.29, 0.717) is 25.6 Å². The van der Waals surface area contributed by atoms with E-state index in [-0.39, 0.29) is 17.7 Å². The zero-order chi connectivity index (χ0) is 27.8. The van der Waals surface area contributed by atoms with Crippen LogP contribution >= 0.6 is 0 Å². The van der Waals surface area contributed by atoms with Gasteiger partial charge in [-0.05, 0) is 42.5 Å². The summed E-state index contributed by atoms with van der Waals surface area (Å²) in [4.78, 5) is 43.1. The first-order valence-electron chi connectivity index (χ1n) is 13.6. The molecule has 0 radical (unpaired) electrons. The van der Waals surface area contributed by atoms with Crippen LogP contribution in [0.4, 0.5) is 0 Å². The second-order valence-electron chi connectivity index (χ2n) is 11.3. The summed E-state index contributed by atoms with van der Waals surface area (Å²) in [6, 6.07) is 16.3. The molecule has 5 atom stereocenters. The summed E-state index contributed by atoms with van der Waals surface area (Å²) in [7, 11) is 1.61. The van der Waals surface area contributed by atoms with E-state index in [9.17, 15) is 14.4 Å². The van der Waals surface area contributed by atoms with Crippen molar-refractivity contribution in [3.05, 3.63) is 77.9 Å². The number of hydrogen-bond donors (Lipinski definition) is 2. The minimum Gasteiger partial charge on any atom is -0.497 e. The highest BCUT2D eigenvalue weighted by Crippen LogP contribution is 2.59. The standard InChI is InChI=1S/C31H37N3O5/c1-20(2)14-17-34-26(28(36)33-18-21-8-6-5-7-9-21)31-16-15-30(3,39-31)24(25(31)29(34)37)27(35)32-19-22-10-12-23(38-4)13-11-22/h5-13,15-16,20,24-26H,14,17-19H2,1-4H3,(H,32,35)(H,33,36)/t24-,25+,26-,30+,31+/m0/s1. The van der Waals surface area contributed by atoms with Gasteiger partial charge in [0.2, 0.25) is 17.7 Å². The monoisotopic (exact) mass is 531 g/mol. The maximum Gasteiger partial charge on any atom is 0.246 e. The molecular weight excluding hydrogens is 494 g/mol. The minimum atomic E-state index is -1.19. The van der Waals surface area contributed by atoms with E-state index >= 15 is 0 Å². The molecule has 3 heterocycles. The van der Waals surface area contributed by atoms with Crippen molar-refractivity contribution in [2.24, 2.45) is 17.8 Å². The van der Waals surface area contributed by atoms with Gasteiger partial charge in [0.1, 0.15) is 17.4 Å². The number of carbonyl (C=O) groups is 3. The lowest BCUT2D eigenvalue weighted by molar-refractivity contribution is -0.145. The molecule has 5 rings (SSSR count). The molecule has 3 aliphatic heterocycles. The normalized spacial score (nSPS) is 28.6. The predicted molar refractivity (Wildman–Crippen MR) is 146 cm³/mol. The molecule has 8 nitrogen and oxygen atoms in total. The van der Waals surface area contributed by atoms with Crippen LogP contribution in [0.1, 0.15) is 38.3 Å². The number of amides is 3. The van der Waals surface area contributed by atoms with Gasteiger partial charge in [0.25, 0.3) is 0 Å². The third-order valence-electron chi connectivity index (χ3n) is 8.21. The van der Waals surface area contributed by atoms with Gasteiger partial charge in [-0.2, -0.15) is 0 Å². The summed E-state index contributed by atoms with van der Waals surface area (Å²) in [5.74, 6) is -1.17. The number of ether oxygens (including phenoxy) is 2.